The van der Waals surface area contributed by atoms with E-state index in [9.17, 15) is 24.0 Å². The van der Waals surface area contributed by atoms with Gasteiger partial charge in [0.2, 0.25) is 11.8 Å². The summed E-state index contributed by atoms with van der Waals surface area (Å²) in [5, 5.41) is 16.7. The Balaban J connectivity index is 1.34. The maximum absolute atomic E-state index is 13.2. The summed E-state index contributed by atoms with van der Waals surface area (Å²) in [6, 6.07) is 13.9. The van der Waals surface area contributed by atoms with Crippen LogP contribution in [0.25, 0.3) is 5.69 Å². The molecule has 3 N–H and O–H groups in total. The highest BCUT2D eigenvalue weighted by molar-refractivity contribution is 6.19. The number of hydrogen-bond acceptors (Lipinski definition) is 6. The van der Waals surface area contributed by atoms with E-state index in [1.54, 1.807) is 24.3 Å². The first kappa shape index (κ1) is 22.7. The van der Waals surface area contributed by atoms with Gasteiger partial charge in [-0.05, 0) is 61.4 Å². The van der Waals surface area contributed by atoms with E-state index in [4.69, 9.17) is 5.73 Å². The number of imide groups is 1. The third kappa shape index (κ3) is 4.49. The van der Waals surface area contributed by atoms with E-state index in [2.05, 4.69) is 16.5 Å². The van der Waals surface area contributed by atoms with Gasteiger partial charge in [0.05, 0.1) is 17.1 Å². The SMILES string of the molecule is N#Cc1c(CCCNC(=O)c2ccc(N3C(=O)CCC3=O)cc2)nn(-c2ccc(F)cc2)c1N. The lowest BCUT2D eigenvalue weighted by Crippen LogP contribution is -2.29. The number of rotatable bonds is 7. The van der Waals surface area contributed by atoms with Crippen molar-refractivity contribution in [3.8, 4) is 11.8 Å². The van der Waals surface area contributed by atoms with Gasteiger partial charge < -0.3 is 11.1 Å². The molecular formula is C24H21FN6O3. The van der Waals surface area contributed by atoms with Crippen molar-refractivity contribution in [2.75, 3.05) is 17.2 Å². The van der Waals surface area contributed by atoms with Crippen LogP contribution in [0.3, 0.4) is 0 Å². The molecule has 9 nitrogen and oxygen atoms in total. The van der Waals surface area contributed by atoms with Crippen molar-refractivity contribution in [2.45, 2.75) is 25.7 Å². The number of nitrogens with one attached hydrogen (secondary N) is 1. The first-order chi connectivity index (χ1) is 16.4. The highest BCUT2D eigenvalue weighted by Crippen LogP contribution is 2.23. The molecule has 0 spiro atoms. The molecule has 4 rings (SSSR count). The van der Waals surface area contributed by atoms with Crippen molar-refractivity contribution in [3.05, 3.63) is 71.2 Å². The molecule has 1 saturated heterocycles. The molecule has 0 unspecified atom stereocenters. The summed E-state index contributed by atoms with van der Waals surface area (Å²) >= 11 is 0. The Kier molecular flexibility index (Phi) is 6.36. The lowest BCUT2D eigenvalue weighted by molar-refractivity contribution is -0.121. The number of halogens is 1. The second-order valence-corrected chi connectivity index (χ2v) is 7.74. The molecule has 0 radical (unpaired) electrons. The summed E-state index contributed by atoms with van der Waals surface area (Å²) in [6.45, 7) is 0.331. The van der Waals surface area contributed by atoms with Crippen molar-refractivity contribution in [1.29, 1.82) is 5.26 Å². The van der Waals surface area contributed by atoms with Crippen LogP contribution in [0.5, 0.6) is 0 Å². The minimum Gasteiger partial charge on any atom is -0.382 e. The van der Waals surface area contributed by atoms with Crippen LogP contribution in [0.2, 0.25) is 0 Å². The lowest BCUT2D eigenvalue weighted by Gasteiger charge is -2.14. The molecule has 10 heteroatoms. The van der Waals surface area contributed by atoms with Gasteiger partial charge in [0, 0.05) is 24.9 Å². The number of aryl methyl sites for hydroxylation is 1. The Morgan fingerprint density at radius 3 is 2.29 bits per heavy atom. The lowest BCUT2D eigenvalue weighted by atomic mass is 10.1. The largest absolute Gasteiger partial charge is 0.382 e. The first-order valence-corrected chi connectivity index (χ1v) is 10.7. The van der Waals surface area contributed by atoms with E-state index in [1.165, 1.54) is 28.9 Å². The van der Waals surface area contributed by atoms with Crippen LogP contribution >= 0.6 is 0 Å². The molecule has 0 atom stereocenters. The van der Waals surface area contributed by atoms with Gasteiger partial charge in [-0.25, -0.2) is 9.07 Å². The van der Waals surface area contributed by atoms with Crippen LogP contribution in [-0.2, 0) is 16.0 Å². The monoisotopic (exact) mass is 460 g/mol. The molecule has 1 fully saturated rings. The standard InChI is InChI=1S/C24H21FN6O3/c25-16-5-9-18(10-6-16)31-23(27)19(14-26)20(29-31)2-1-13-28-24(34)15-3-7-17(8-4-15)30-21(32)11-12-22(30)33/h3-10H,1-2,11-13,27H2,(H,28,34). The van der Waals surface area contributed by atoms with Crippen molar-refractivity contribution in [3.63, 3.8) is 0 Å². The quantitative estimate of drug-likeness (QED) is 0.411. The summed E-state index contributed by atoms with van der Waals surface area (Å²) in [5.41, 5.74) is 8.17. The van der Waals surface area contributed by atoms with Gasteiger partial charge >= 0.3 is 0 Å². The maximum Gasteiger partial charge on any atom is 0.251 e. The Hall–Kier alpha value is -4.52. The number of hydrogen-bond donors (Lipinski definition) is 2. The summed E-state index contributed by atoms with van der Waals surface area (Å²) < 4.78 is 14.6. The highest BCUT2D eigenvalue weighted by Gasteiger charge is 2.30. The Morgan fingerprint density at radius 1 is 1.06 bits per heavy atom. The van der Waals surface area contributed by atoms with Crippen molar-refractivity contribution >= 4 is 29.2 Å². The van der Waals surface area contributed by atoms with E-state index < -0.39 is 5.82 Å². The van der Waals surface area contributed by atoms with Gasteiger partial charge in [0.25, 0.3) is 5.91 Å². The van der Waals surface area contributed by atoms with Crippen molar-refractivity contribution in [1.82, 2.24) is 15.1 Å². The van der Waals surface area contributed by atoms with Crippen molar-refractivity contribution in [2.24, 2.45) is 0 Å². The number of aromatic nitrogens is 2. The van der Waals surface area contributed by atoms with Gasteiger partial charge in [-0.15, -0.1) is 0 Å². The number of anilines is 2. The number of nitrogen functional groups attached to an aromatic ring is 1. The summed E-state index contributed by atoms with van der Waals surface area (Å²) in [5.74, 6) is -1.02. The number of nitrogens with two attached hydrogens (primary N) is 1. The fourth-order valence-electron chi connectivity index (χ4n) is 3.74. The number of carbonyl (C=O) groups excluding carboxylic acids is 3. The second kappa shape index (κ2) is 9.54. The highest BCUT2D eigenvalue weighted by atomic mass is 19.1. The Bertz CT molecular complexity index is 1280. The molecule has 34 heavy (non-hydrogen) atoms. The zero-order chi connectivity index (χ0) is 24.2. The normalized spacial score (nSPS) is 13.2. The first-order valence-electron chi connectivity index (χ1n) is 10.7. The fraction of sp³-hybridized carbons (Fsp3) is 0.208. The topological polar surface area (TPSA) is 134 Å². The molecule has 0 saturated carbocycles. The molecule has 1 aliphatic heterocycles. The smallest absolute Gasteiger partial charge is 0.251 e. The van der Waals surface area contributed by atoms with E-state index in [0.717, 1.165) is 4.90 Å². The van der Waals surface area contributed by atoms with E-state index in [0.29, 0.717) is 42.0 Å². The van der Waals surface area contributed by atoms with Gasteiger partial charge in [-0.1, -0.05) is 0 Å². The van der Waals surface area contributed by atoms with E-state index in [-0.39, 0.29) is 41.9 Å². The van der Waals surface area contributed by atoms with Crippen LogP contribution in [0.15, 0.2) is 48.5 Å². The van der Waals surface area contributed by atoms with Crippen LogP contribution < -0.4 is 16.0 Å². The molecular weight excluding hydrogens is 439 g/mol. The van der Waals surface area contributed by atoms with Crippen LogP contribution in [0, 0.1) is 17.1 Å². The minimum atomic E-state index is -0.390. The van der Waals surface area contributed by atoms with Gasteiger partial charge in [-0.3, -0.25) is 19.3 Å². The fourth-order valence-corrected chi connectivity index (χ4v) is 3.74. The second-order valence-electron chi connectivity index (χ2n) is 7.74. The molecule has 2 heterocycles. The van der Waals surface area contributed by atoms with Gasteiger partial charge in [-0.2, -0.15) is 10.4 Å². The van der Waals surface area contributed by atoms with E-state index in [1.807, 2.05) is 0 Å². The molecule has 172 valence electrons. The predicted octanol–water partition coefficient (Wildman–Crippen LogP) is 2.48. The minimum absolute atomic E-state index is 0.170. The molecule has 1 aliphatic rings. The van der Waals surface area contributed by atoms with E-state index >= 15 is 0 Å². The molecule has 3 aromatic rings. The van der Waals surface area contributed by atoms with Gasteiger partial charge in [0.1, 0.15) is 23.3 Å². The third-order valence-corrected chi connectivity index (χ3v) is 5.49. The Labute approximate surface area is 194 Å². The molecule has 3 amide bonds. The molecule has 2 aromatic carbocycles. The van der Waals surface area contributed by atoms with Crippen molar-refractivity contribution < 1.29 is 18.8 Å². The number of benzene rings is 2. The number of nitrogens with zero attached hydrogens (tertiary/aromatic N) is 4. The summed E-state index contributed by atoms with van der Waals surface area (Å²) in [7, 11) is 0. The van der Waals surface area contributed by atoms with Gasteiger partial charge in [0.15, 0.2) is 0 Å². The van der Waals surface area contributed by atoms with Crippen LogP contribution in [0.1, 0.15) is 40.9 Å². The molecule has 1 aromatic heterocycles. The predicted molar refractivity (Wildman–Crippen MR) is 121 cm³/mol. The summed E-state index contributed by atoms with van der Waals surface area (Å²) in [4.78, 5) is 37.2. The maximum atomic E-state index is 13.2. The summed E-state index contributed by atoms with van der Waals surface area (Å²) in [6.07, 6.45) is 1.31. The Morgan fingerprint density at radius 2 is 1.68 bits per heavy atom. The molecule has 0 bridgehead atoms. The number of amides is 3. The van der Waals surface area contributed by atoms with Crippen LogP contribution in [-0.4, -0.2) is 34.0 Å². The zero-order valence-electron chi connectivity index (χ0n) is 18.1. The number of nitriles is 1. The third-order valence-electron chi connectivity index (χ3n) is 5.49. The van der Waals surface area contributed by atoms with Crippen LogP contribution in [0.4, 0.5) is 15.9 Å². The average molecular weight is 460 g/mol. The zero-order valence-corrected chi connectivity index (χ0v) is 18.1. The average Bonchev–Trinajstić information content (AvgIpc) is 3.34. The molecule has 0 aliphatic carbocycles. The number of carbonyl (C=O) groups is 3.